The quantitative estimate of drug-likeness (QED) is 0.624. The highest BCUT2D eigenvalue weighted by molar-refractivity contribution is 7.93. The highest BCUT2D eigenvalue weighted by atomic mass is 32.2. The van der Waals surface area contributed by atoms with Gasteiger partial charge in [0.15, 0.2) is 5.75 Å². The number of aryl methyl sites for hydroxylation is 2. The van der Waals surface area contributed by atoms with Gasteiger partial charge in [0.25, 0.3) is 0 Å². The molecular formula is C11H16N2O4S. The van der Waals surface area contributed by atoms with Crippen molar-refractivity contribution in [3.05, 3.63) is 23.3 Å². The molecule has 100 valence electrons. The zero-order chi connectivity index (χ0) is 13.9. The molecule has 0 heterocycles. The van der Waals surface area contributed by atoms with Crippen LogP contribution in [-0.2, 0) is 19.6 Å². The Morgan fingerprint density at radius 1 is 1.33 bits per heavy atom. The van der Waals surface area contributed by atoms with Crippen LogP contribution in [-0.4, -0.2) is 27.2 Å². The third-order valence-electron chi connectivity index (χ3n) is 2.47. The third kappa shape index (κ3) is 3.63. The molecule has 6 nitrogen and oxygen atoms in total. The fourth-order valence-electron chi connectivity index (χ4n) is 1.34. The highest BCUT2D eigenvalue weighted by Crippen LogP contribution is 2.23. The summed E-state index contributed by atoms with van der Waals surface area (Å²) in [5.74, 6) is -1.57. The predicted molar refractivity (Wildman–Crippen MR) is 69.8 cm³/mol. The van der Waals surface area contributed by atoms with Crippen molar-refractivity contribution in [2.24, 2.45) is 0 Å². The van der Waals surface area contributed by atoms with Crippen molar-refractivity contribution in [2.75, 3.05) is 23.3 Å². The Labute approximate surface area is 106 Å². The van der Waals surface area contributed by atoms with Crippen molar-refractivity contribution in [1.82, 2.24) is 0 Å². The number of esters is 1. The Hall–Kier alpha value is -1.76. The van der Waals surface area contributed by atoms with E-state index in [1.54, 1.807) is 12.1 Å². The molecule has 0 saturated heterocycles. The average molecular weight is 272 g/mol. The van der Waals surface area contributed by atoms with Crippen LogP contribution in [0.5, 0.6) is 0 Å². The van der Waals surface area contributed by atoms with Crippen LogP contribution in [0.4, 0.5) is 11.4 Å². The van der Waals surface area contributed by atoms with Crippen LogP contribution in [0.3, 0.4) is 0 Å². The number of carbonyl (C=O) groups excluding carboxylic acids is 1. The molecule has 0 aliphatic rings. The van der Waals surface area contributed by atoms with Gasteiger partial charge in [0.05, 0.1) is 18.5 Å². The molecule has 0 atom stereocenters. The standard InChI is InChI=1S/C11H16N2O4S/c1-7-4-9(12)10(5-8(7)2)13-18(15,16)6-11(14)17-3/h4-5,13H,6,12H2,1-3H3. The van der Waals surface area contributed by atoms with Crippen molar-refractivity contribution >= 4 is 27.4 Å². The lowest BCUT2D eigenvalue weighted by atomic mass is 10.1. The summed E-state index contributed by atoms with van der Waals surface area (Å²) >= 11 is 0. The van der Waals surface area contributed by atoms with Gasteiger partial charge >= 0.3 is 5.97 Å². The van der Waals surface area contributed by atoms with Crippen molar-refractivity contribution in [2.45, 2.75) is 13.8 Å². The van der Waals surface area contributed by atoms with Crippen LogP contribution in [0, 0.1) is 13.8 Å². The highest BCUT2D eigenvalue weighted by Gasteiger charge is 2.18. The molecule has 1 aromatic rings. The minimum Gasteiger partial charge on any atom is -0.468 e. The number of ether oxygens (including phenoxy) is 1. The molecule has 0 spiro atoms. The Bertz CT molecular complexity index is 567. The summed E-state index contributed by atoms with van der Waals surface area (Å²) < 4.78 is 29.9. The van der Waals surface area contributed by atoms with Gasteiger partial charge in [0.2, 0.25) is 10.0 Å². The second kappa shape index (κ2) is 5.26. The molecule has 0 aliphatic carbocycles. The Morgan fingerprint density at radius 2 is 1.89 bits per heavy atom. The van der Waals surface area contributed by atoms with E-state index in [0.29, 0.717) is 5.69 Å². The van der Waals surface area contributed by atoms with Gasteiger partial charge in [-0.3, -0.25) is 9.52 Å². The lowest BCUT2D eigenvalue weighted by Crippen LogP contribution is -2.24. The Morgan fingerprint density at radius 3 is 2.44 bits per heavy atom. The molecular weight excluding hydrogens is 256 g/mol. The molecule has 0 aromatic heterocycles. The van der Waals surface area contributed by atoms with Crippen LogP contribution < -0.4 is 10.5 Å². The van der Waals surface area contributed by atoms with E-state index >= 15 is 0 Å². The SMILES string of the molecule is COC(=O)CS(=O)(=O)Nc1cc(C)c(C)cc1N. The van der Waals surface area contributed by atoms with Crippen LogP contribution in [0.15, 0.2) is 12.1 Å². The van der Waals surface area contributed by atoms with Gasteiger partial charge in [0, 0.05) is 0 Å². The molecule has 0 aliphatic heterocycles. The minimum absolute atomic E-state index is 0.266. The van der Waals surface area contributed by atoms with Crippen molar-refractivity contribution < 1.29 is 17.9 Å². The topological polar surface area (TPSA) is 98.5 Å². The zero-order valence-corrected chi connectivity index (χ0v) is 11.3. The van der Waals surface area contributed by atoms with E-state index in [1.165, 1.54) is 0 Å². The van der Waals surface area contributed by atoms with E-state index in [-0.39, 0.29) is 5.69 Å². The molecule has 3 N–H and O–H groups in total. The summed E-state index contributed by atoms with van der Waals surface area (Å²) in [4.78, 5) is 11.0. The number of nitrogens with one attached hydrogen (secondary N) is 1. The number of methoxy groups -OCH3 is 1. The number of hydrogen-bond donors (Lipinski definition) is 2. The normalized spacial score (nSPS) is 11.1. The first kappa shape index (κ1) is 14.3. The maximum absolute atomic E-state index is 11.7. The van der Waals surface area contributed by atoms with Gasteiger partial charge in [0.1, 0.15) is 0 Å². The van der Waals surface area contributed by atoms with E-state index < -0.39 is 21.7 Å². The second-order valence-corrected chi connectivity index (χ2v) is 5.68. The van der Waals surface area contributed by atoms with Gasteiger partial charge in [-0.25, -0.2) is 8.42 Å². The lowest BCUT2D eigenvalue weighted by Gasteiger charge is -2.12. The number of sulfonamides is 1. The largest absolute Gasteiger partial charge is 0.468 e. The number of benzene rings is 1. The maximum Gasteiger partial charge on any atom is 0.322 e. The minimum atomic E-state index is -3.80. The summed E-state index contributed by atoms with van der Waals surface area (Å²) in [7, 11) is -2.68. The molecule has 0 amide bonds. The molecule has 7 heteroatoms. The number of nitrogens with two attached hydrogens (primary N) is 1. The maximum atomic E-state index is 11.7. The predicted octanol–water partition coefficient (Wildman–Crippen LogP) is 0.800. The summed E-state index contributed by atoms with van der Waals surface area (Å²) in [6.45, 7) is 3.71. The fourth-order valence-corrected chi connectivity index (χ4v) is 2.36. The zero-order valence-electron chi connectivity index (χ0n) is 10.5. The molecule has 0 fully saturated rings. The van der Waals surface area contributed by atoms with Gasteiger partial charge in [-0.15, -0.1) is 0 Å². The van der Waals surface area contributed by atoms with Crippen LogP contribution in [0.2, 0.25) is 0 Å². The van der Waals surface area contributed by atoms with Crippen molar-refractivity contribution in [1.29, 1.82) is 0 Å². The summed E-state index contributed by atoms with van der Waals surface area (Å²) in [6, 6.07) is 3.30. The summed E-state index contributed by atoms with van der Waals surface area (Å²) in [6.07, 6.45) is 0. The summed E-state index contributed by atoms with van der Waals surface area (Å²) in [5, 5.41) is 0. The first-order valence-electron chi connectivity index (χ1n) is 5.19. The second-order valence-electron chi connectivity index (χ2n) is 3.96. The number of nitrogen functional groups attached to an aromatic ring is 1. The Balaban J connectivity index is 2.98. The van der Waals surface area contributed by atoms with Crippen LogP contribution in [0.1, 0.15) is 11.1 Å². The molecule has 1 rings (SSSR count). The number of rotatable bonds is 4. The third-order valence-corrected chi connectivity index (χ3v) is 3.61. The van der Waals surface area contributed by atoms with Gasteiger partial charge in [-0.05, 0) is 37.1 Å². The Kier molecular flexibility index (Phi) is 4.18. The van der Waals surface area contributed by atoms with Gasteiger partial charge in [-0.2, -0.15) is 0 Å². The van der Waals surface area contributed by atoms with Gasteiger partial charge < -0.3 is 10.5 Å². The molecule has 0 saturated carbocycles. The van der Waals surface area contributed by atoms with E-state index in [1.807, 2.05) is 13.8 Å². The monoisotopic (exact) mass is 272 g/mol. The van der Waals surface area contributed by atoms with Gasteiger partial charge in [-0.1, -0.05) is 0 Å². The molecule has 0 radical (unpaired) electrons. The van der Waals surface area contributed by atoms with Crippen molar-refractivity contribution in [3.8, 4) is 0 Å². The summed E-state index contributed by atoms with van der Waals surface area (Å²) in [5.41, 5.74) is 8.16. The fraction of sp³-hybridized carbons (Fsp3) is 0.364. The molecule has 18 heavy (non-hydrogen) atoms. The number of anilines is 2. The molecule has 0 unspecified atom stereocenters. The number of hydrogen-bond acceptors (Lipinski definition) is 5. The van der Waals surface area contributed by atoms with E-state index in [2.05, 4.69) is 9.46 Å². The lowest BCUT2D eigenvalue weighted by molar-refractivity contribution is -0.137. The van der Waals surface area contributed by atoms with E-state index in [9.17, 15) is 13.2 Å². The first-order chi connectivity index (χ1) is 8.25. The van der Waals surface area contributed by atoms with Crippen molar-refractivity contribution in [3.63, 3.8) is 0 Å². The van der Waals surface area contributed by atoms with Crippen LogP contribution >= 0.6 is 0 Å². The smallest absolute Gasteiger partial charge is 0.322 e. The molecule has 0 bridgehead atoms. The molecule has 1 aromatic carbocycles. The average Bonchev–Trinajstić information content (AvgIpc) is 2.24. The number of carbonyl (C=O) groups is 1. The first-order valence-corrected chi connectivity index (χ1v) is 6.84. The van der Waals surface area contributed by atoms with E-state index in [4.69, 9.17) is 5.73 Å². The van der Waals surface area contributed by atoms with Crippen LogP contribution in [0.25, 0.3) is 0 Å². The van der Waals surface area contributed by atoms with E-state index in [0.717, 1.165) is 18.2 Å².